The first kappa shape index (κ1) is 15.0. The van der Waals surface area contributed by atoms with Crippen molar-refractivity contribution in [2.45, 2.75) is 32.0 Å². The molecule has 1 aromatic carbocycles. The highest BCUT2D eigenvalue weighted by Crippen LogP contribution is 2.20. The maximum absolute atomic E-state index is 4.10. The van der Waals surface area contributed by atoms with Crippen LogP contribution in [0.3, 0.4) is 0 Å². The molecule has 108 valence electrons. The van der Waals surface area contributed by atoms with Crippen molar-refractivity contribution in [1.82, 2.24) is 25.5 Å². The first-order valence-electron chi connectivity index (χ1n) is 6.87. The Morgan fingerprint density at radius 1 is 1.20 bits per heavy atom. The minimum Gasteiger partial charge on any atom is -0.314 e. The SMILES string of the molecule is CC(CNC(C)C)CSc1nnnn1-c1ccccc1. The van der Waals surface area contributed by atoms with E-state index in [9.17, 15) is 0 Å². The lowest BCUT2D eigenvalue weighted by molar-refractivity contribution is 0.509. The van der Waals surface area contributed by atoms with Gasteiger partial charge in [-0.3, -0.25) is 0 Å². The van der Waals surface area contributed by atoms with Gasteiger partial charge in [0, 0.05) is 11.8 Å². The van der Waals surface area contributed by atoms with Crippen molar-refractivity contribution in [2.24, 2.45) is 5.92 Å². The summed E-state index contributed by atoms with van der Waals surface area (Å²) in [6.45, 7) is 7.57. The van der Waals surface area contributed by atoms with Crippen molar-refractivity contribution in [3.8, 4) is 5.69 Å². The Morgan fingerprint density at radius 2 is 1.95 bits per heavy atom. The van der Waals surface area contributed by atoms with E-state index in [-0.39, 0.29) is 0 Å². The molecule has 1 unspecified atom stereocenters. The summed E-state index contributed by atoms with van der Waals surface area (Å²) in [5.41, 5.74) is 0.993. The van der Waals surface area contributed by atoms with Crippen molar-refractivity contribution in [3.63, 3.8) is 0 Å². The zero-order valence-electron chi connectivity index (χ0n) is 12.2. The van der Waals surface area contributed by atoms with E-state index in [1.54, 1.807) is 16.4 Å². The summed E-state index contributed by atoms with van der Waals surface area (Å²) in [7, 11) is 0. The van der Waals surface area contributed by atoms with Crippen molar-refractivity contribution < 1.29 is 0 Å². The highest BCUT2D eigenvalue weighted by Gasteiger charge is 2.11. The third-order valence-corrected chi connectivity index (χ3v) is 4.06. The molecule has 0 aliphatic heterocycles. The van der Waals surface area contributed by atoms with Gasteiger partial charge in [-0.2, -0.15) is 4.68 Å². The van der Waals surface area contributed by atoms with E-state index in [1.807, 2.05) is 30.3 Å². The molecule has 0 fully saturated rings. The number of nitrogens with zero attached hydrogens (tertiary/aromatic N) is 4. The van der Waals surface area contributed by atoms with E-state index >= 15 is 0 Å². The summed E-state index contributed by atoms with van der Waals surface area (Å²) in [6, 6.07) is 10.5. The fourth-order valence-corrected chi connectivity index (χ4v) is 2.62. The number of hydrogen-bond acceptors (Lipinski definition) is 5. The maximum Gasteiger partial charge on any atom is 0.214 e. The van der Waals surface area contributed by atoms with Crippen LogP contribution in [0.4, 0.5) is 0 Å². The Bertz CT molecular complexity index is 511. The van der Waals surface area contributed by atoms with Gasteiger partial charge in [-0.1, -0.05) is 50.7 Å². The lowest BCUT2D eigenvalue weighted by Crippen LogP contribution is -2.28. The maximum atomic E-state index is 4.10. The van der Waals surface area contributed by atoms with E-state index in [2.05, 4.69) is 41.6 Å². The largest absolute Gasteiger partial charge is 0.314 e. The number of para-hydroxylation sites is 1. The minimum absolute atomic E-state index is 0.525. The third kappa shape index (κ3) is 4.31. The molecule has 0 aliphatic rings. The van der Waals surface area contributed by atoms with Crippen LogP contribution < -0.4 is 5.32 Å². The van der Waals surface area contributed by atoms with Crippen molar-refractivity contribution in [3.05, 3.63) is 30.3 Å². The molecule has 0 amide bonds. The van der Waals surface area contributed by atoms with Crippen LogP contribution in [0, 0.1) is 5.92 Å². The molecule has 0 aliphatic carbocycles. The van der Waals surface area contributed by atoms with E-state index in [0.717, 1.165) is 23.1 Å². The fraction of sp³-hybridized carbons (Fsp3) is 0.500. The van der Waals surface area contributed by atoms with Gasteiger partial charge in [0.05, 0.1) is 5.69 Å². The lowest BCUT2D eigenvalue weighted by atomic mass is 10.2. The average Bonchev–Trinajstić information content (AvgIpc) is 2.92. The molecule has 1 atom stereocenters. The monoisotopic (exact) mass is 291 g/mol. The molecule has 0 radical (unpaired) electrons. The highest BCUT2D eigenvalue weighted by molar-refractivity contribution is 7.99. The number of aromatic nitrogens is 4. The van der Waals surface area contributed by atoms with E-state index in [4.69, 9.17) is 0 Å². The Hall–Kier alpha value is -1.40. The van der Waals surface area contributed by atoms with Crippen molar-refractivity contribution >= 4 is 11.8 Å². The topological polar surface area (TPSA) is 55.6 Å². The number of hydrogen-bond donors (Lipinski definition) is 1. The van der Waals surface area contributed by atoms with Gasteiger partial charge in [-0.05, 0) is 35.0 Å². The van der Waals surface area contributed by atoms with Crippen LogP contribution in [0.15, 0.2) is 35.5 Å². The van der Waals surface area contributed by atoms with Crippen LogP contribution in [0.25, 0.3) is 5.69 Å². The van der Waals surface area contributed by atoms with Crippen LogP contribution in [-0.2, 0) is 0 Å². The van der Waals surface area contributed by atoms with Crippen molar-refractivity contribution in [2.75, 3.05) is 12.3 Å². The summed E-state index contributed by atoms with van der Waals surface area (Å²) < 4.78 is 1.78. The van der Waals surface area contributed by atoms with Crippen LogP contribution in [0.1, 0.15) is 20.8 Å². The molecule has 0 spiro atoms. The first-order chi connectivity index (χ1) is 9.66. The van der Waals surface area contributed by atoms with Gasteiger partial charge in [-0.15, -0.1) is 5.10 Å². The zero-order chi connectivity index (χ0) is 14.4. The molecule has 5 nitrogen and oxygen atoms in total. The number of tetrazole rings is 1. The second-order valence-electron chi connectivity index (χ2n) is 5.19. The minimum atomic E-state index is 0.525. The Labute approximate surface area is 124 Å². The van der Waals surface area contributed by atoms with Crippen LogP contribution in [0.5, 0.6) is 0 Å². The smallest absolute Gasteiger partial charge is 0.214 e. The normalized spacial score (nSPS) is 12.8. The van der Waals surface area contributed by atoms with Gasteiger partial charge < -0.3 is 5.32 Å². The Kier molecular flexibility index (Phi) is 5.55. The van der Waals surface area contributed by atoms with Gasteiger partial charge in [0.25, 0.3) is 0 Å². The summed E-state index contributed by atoms with van der Waals surface area (Å²) in [5.74, 6) is 1.57. The molecule has 0 saturated heterocycles. The fourth-order valence-electron chi connectivity index (χ4n) is 1.71. The third-order valence-electron chi connectivity index (χ3n) is 2.81. The number of nitrogens with one attached hydrogen (secondary N) is 1. The molecular weight excluding hydrogens is 270 g/mol. The molecule has 1 aromatic heterocycles. The molecule has 6 heteroatoms. The standard InChI is InChI=1S/C14H21N5S/c1-11(2)15-9-12(3)10-20-14-16-17-18-19(14)13-7-5-4-6-8-13/h4-8,11-12,15H,9-10H2,1-3H3. The average molecular weight is 291 g/mol. The predicted octanol–water partition coefficient (Wildman–Crippen LogP) is 2.39. The molecular formula is C14H21N5S. The Balaban J connectivity index is 1.93. The molecule has 20 heavy (non-hydrogen) atoms. The number of rotatable bonds is 7. The van der Waals surface area contributed by atoms with Crippen LogP contribution in [-0.4, -0.2) is 38.5 Å². The molecule has 0 saturated carbocycles. The Morgan fingerprint density at radius 3 is 2.65 bits per heavy atom. The van der Waals surface area contributed by atoms with Gasteiger partial charge in [0.1, 0.15) is 0 Å². The second-order valence-corrected chi connectivity index (χ2v) is 6.18. The van der Waals surface area contributed by atoms with E-state index in [1.165, 1.54) is 0 Å². The molecule has 0 bridgehead atoms. The summed E-state index contributed by atoms with van der Waals surface area (Å²) >= 11 is 1.70. The van der Waals surface area contributed by atoms with Crippen LogP contribution >= 0.6 is 11.8 Å². The van der Waals surface area contributed by atoms with E-state index < -0.39 is 0 Å². The van der Waals surface area contributed by atoms with Crippen LogP contribution in [0.2, 0.25) is 0 Å². The molecule has 1 heterocycles. The van der Waals surface area contributed by atoms with Gasteiger partial charge in [0.15, 0.2) is 0 Å². The molecule has 1 N–H and O–H groups in total. The summed E-state index contributed by atoms with van der Waals surface area (Å²) in [6.07, 6.45) is 0. The second kappa shape index (κ2) is 7.40. The summed E-state index contributed by atoms with van der Waals surface area (Å²) in [5, 5.41) is 16.2. The predicted molar refractivity (Wildman–Crippen MR) is 82.2 cm³/mol. The van der Waals surface area contributed by atoms with Gasteiger partial charge >= 0.3 is 0 Å². The van der Waals surface area contributed by atoms with Gasteiger partial charge in [0.2, 0.25) is 5.16 Å². The van der Waals surface area contributed by atoms with Crippen molar-refractivity contribution in [1.29, 1.82) is 0 Å². The highest BCUT2D eigenvalue weighted by atomic mass is 32.2. The quantitative estimate of drug-likeness (QED) is 0.794. The van der Waals surface area contributed by atoms with Gasteiger partial charge in [-0.25, -0.2) is 0 Å². The number of benzene rings is 1. The molecule has 2 rings (SSSR count). The van der Waals surface area contributed by atoms with E-state index in [0.29, 0.717) is 12.0 Å². The lowest BCUT2D eigenvalue weighted by Gasteiger charge is -2.14. The summed E-state index contributed by atoms with van der Waals surface area (Å²) in [4.78, 5) is 0. The molecule has 2 aromatic rings. The first-order valence-corrected chi connectivity index (χ1v) is 7.85. The zero-order valence-corrected chi connectivity index (χ0v) is 13.0. The number of thioether (sulfide) groups is 1.